The average Bonchev–Trinajstić information content (AvgIpc) is 0.918. The number of aliphatic hydroxyl groups is 1. The Bertz CT molecular complexity index is 7.61. The quantitative estimate of drug-likeness (QED) is 0.470. The van der Waals surface area contributed by atoms with Crippen molar-refractivity contribution in [2.75, 3.05) is 6.61 Å². The minimum absolute atomic E-state index is 0. The Kier molecular flexibility index (Phi) is 84.7. The van der Waals surface area contributed by atoms with Crippen LogP contribution in [0.5, 0.6) is 0 Å². The van der Waals surface area contributed by atoms with E-state index in [0.29, 0.717) is 0 Å². The molecule has 0 unspecified atom stereocenters. The molecule has 0 rings (SSSR count). The van der Waals surface area contributed by atoms with Crippen LogP contribution in [0.4, 0.5) is 0 Å². The van der Waals surface area contributed by atoms with Gasteiger partial charge in [-0.1, -0.05) is 0 Å². The van der Waals surface area contributed by atoms with Crippen LogP contribution in [0.25, 0.3) is 0 Å². The van der Waals surface area contributed by atoms with Crippen LogP contribution < -0.4 is 0 Å². The van der Waals surface area contributed by atoms with Crippen LogP contribution in [-0.2, 0) is 19.5 Å². The second kappa shape index (κ2) is 23.9. The van der Waals surface area contributed by atoms with Crippen LogP contribution in [0.2, 0.25) is 0 Å². The molecule has 37 valence electrons. The van der Waals surface area contributed by atoms with Crippen LogP contribution in [-0.4, -0.2) is 17.2 Å². The van der Waals surface area contributed by atoms with Crippen LogP contribution in [0.3, 0.4) is 0 Å². The fourth-order valence-electron chi connectivity index (χ4n) is 0. The predicted octanol–water partition coefficient (Wildman–Crippen LogP) is -0.829. The van der Waals surface area contributed by atoms with Gasteiger partial charge in [0.1, 0.15) is 0 Å². The Morgan fingerprint density at radius 1 is 1.60 bits per heavy atom. The SMILES string of the molecule is CCO.O.[Rh]. The third kappa shape index (κ3) is 99.5. The summed E-state index contributed by atoms with van der Waals surface area (Å²) >= 11 is 0. The third-order valence-electron chi connectivity index (χ3n) is 0. The maximum atomic E-state index is 7.57. The Morgan fingerprint density at radius 2 is 1.60 bits per heavy atom. The summed E-state index contributed by atoms with van der Waals surface area (Å²) in [5.41, 5.74) is 0. The second-order valence-corrected chi connectivity index (χ2v) is 0.316. The first kappa shape index (κ1) is 17.7. The van der Waals surface area contributed by atoms with Crippen molar-refractivity contribution in [1.29, 1.82) is 0 Å². The number of rotatable bonds is 0. The van der Waals surface area contributed by atoms with Gasteiger partial charge in [-0.05, 0) is 6.92 Å². The van der Waals surface area contributed by atoms with E-state index in [1.165, 1.54) is 0 Å². The van der Waals surface area contributed by atoms with Crippen molar-refractivity contribution in [3.05, 3.63) is 0 Å². The molecule has 0 atom stereocenters. The van der Waals surface area contributed by atoms with Crippen molar-refractivity contribution in [1.82, 2.24) is 0 Å². The third-order valence-corrected chi connectivity index (χ3v) is 0. The zero-order valence-corrected chi connectivity index (χ0v) is 4.63. The fraction of sp³-hybridized carbons (Fsp3) is 1.00. The van der Waals surface area contributed by atoms with E-state index in [-0.39, 0.29) is 31.6 Å². The van der Waals surface area contributed by atoms with Crippen molar-refractivity contribution in [3.63, 3.8) is 0 Å². The molecule has 0 bridgehead atoms. The Balaban J connectivity index is -0.0000000200. The largest absolute Gasteiger partial charge is 0.412 e. The minimum atomic E-state index is 0. The number of hydrogen-bond acceptors (Lipinski definition) is 1. The summed E-state index contributed by atoms with van der Waals surface area (Å²) in [6, 6.07) is 0. The minimum Gasteiger partial charge on any atom is -0.412 e. The first-order chi connectivity index (χ1) is 1.41. The van der Waals surface area contributed by atoms with Gasteiger partial charge in [0.15, 0.2) is 0 Å². The van der Waals surface area contributed by atoms with Crippen molar-refractivity contribution < 1.29 is 30.1 Å². The smallest absolute Gasteiger partial charge is 0.0402 e. The topological polar surface area (TPSA) is 51.7 Å². The molecule has 0 amide bonds. The summed E-state index contributed by atoms with van der Waals surface area (Å²) in [5, 5.41) is 7.57. The molecular weight excluding hydrogens is 159 g/mol. The standard InChI is InChI=1S/C2H6O.H2O.Rh/c1-2-3;;/h3H,2H2,1H3;1H2;. The summed E-state index contributed by atoms with van der Waals surface area (Å²) in [5.74, 6) is 0. The van der Waals surface area contributed by atoms with Gasteiger partial charge < -0.3 is 10.6 Å². The second-order valence-electron chi connectivity index (χ2n) is 0.316. The molecule has 3 heteroatoms. The molecule has 0 aromatic heterocycles. The van der Waals surface area contributed by atoms with Crippen LogP contribution in [0, 0.1) is 0 Å². The monoisotopic (exact) mass is 167 g/mol. The zero-order valence-electron chi connectivity index (χ0n) is 2.99. The van der Waals surface area contributed by atoms with Crippen LogP contribution in [0.1, 0.15) is 6.92 Å². The molecule has 0 spiro atoms. The summed E-state index contributed by atoms with van der Waals surface area (Å²) in [7, 11) is 0. The average molecular weight is 167 g/mol. The number of aliphatic hydroxyl groups excluding tert-OH is 1. The van der Waals surface area contributed by atoms with Crippen molar-refractivity contribution in [3.8, 4) is 0 Å². The van der Waals surface area contributed by atoms with Crippen molar-refractivity contribution >= 4 is 0 Å². The summed E-state index contributed by atoms with van der Waals surface area (Å²) in [6.07, 6.45) is 0. The Hall–Kier alpha value is 0.543. The molecule has 0 heterocycles. The summed E-state index contributed by atoms with van der Waals surface area (Å²) in [6.45, 7) is 1.93. The molecule has 0 aromatic rings. The van der Waals surface area contributed by atoms with Crippen LogP contribution in [0.15, 0.2) is 0 Å². The van der Waals surface area contributed by atoms with Gasteiger partial charge in [0, 0.05) is 26.1 Å². The van der Waals surface area contributed by atoms with E-state index in [1.807, 2.05) is 0 Å². The first-order valence-electron chi connectivity index (χ1n) is 1.02. The Labute approximate surface area is 44.3 Å². The molecule has 0 fully saturated rings. The van der Waals surface area contributed by atoms with Gasteiger partial charge in [-0.25, -0.2) is 0 Å². The summed E-state index contributed by atoms with van der Waals surface area (Å²) < 4.78 is 0. The van der Waals surface area contributed by atoms with Crippen molar-refractivity contribution in [2.24, 2.45) is 0 Å². The molecule has 0 saturated heterocycles. The molecule has 0 aliphatic heterocycles. The molecule has 5 heavy (non-hydrogen) atoms. The van der Waals surface area contributed by atoms with Gasteiger partial charge in [0.2, 0.25) is 0 Å². The first-order valence-corrected chi connectivity index (χ1v) is 1.02. The van der Waals surface area contributed by atoms with E-state index < -0.39 is 0 Å². The molecule has 1 radical (unpaired) electrons. The molecule has 0 saturated carbocycles. The maximum absolute atomic E-state index is 7.57. The van der Waals surface area contributed by atoms with Gasteiger partial charge in [-0.3, -0.25) is 0 Å². The molecular formula is C2H8O2Rh. The normalized spacial score (nSPS) is 3.60. The van der Waals surface area contributed by atoms with E-state index in [9.17, 15) is 0 Å². The van der Waals surface area contributed by atoms with E-state index in [1.54, 1.807) is 6.92 Å². The van der Waals surface area contributed by atoms with Gasteiger partial charge in [0.25, 0.3) is 0 Å². The molecule has 2 nitrogen and oxygen atoms in total. The molecule has 0 aliphatic carbocycles. The predicted molar refractivity (Wildman–Crippen MR) is 16.4 cm³/mol. The maximum Gasteiger partial charge on any atom is 0.0402 e. The fourth-order valence-corrected chi connectivity index (χ4v) is 0. The van der Waals surface area contributed by atoms with E-state index in [0.717, 1.165) is 0 Å². The zero-order chi connectivity index (χ0) is 2.71. The van der Waals surface area contributed by atoms with Gasteiger partial charge >= 0.3 is 0 Å². The summed E-state index contributed by atoms with van der Waals surface area (Å²) in [4.78, 5) is 0. The van der Waals surface area contributed by atoms with Crippen LogP contribution >= 0.6 is 0 Å². The molecule has 0 aliphatic rings. The Morgan fingerprint density at radius 3 is 1.60 bits per heavy atom. The number of hydrogen-bond donors (Lipinski definition) is 1. The van der Waals surface area contributed by atoms with Crippen molar-refractivity contribution in [2.45, 2.75) is 6.92 Å². The van der Waals surface area contributed by atoms with Gasteiger partial charge in [-0.15, -0.1) is 0 Å². The van der Waals surface area contributed by atoms with E-state index >= 15 is 0 Å². The van der Waals surface area contributed by atoms with Gasteiger partial charge in [-0.2, -0.15) is 0 Å². The van der Waals surface area contributed by atoms with Gasteiger partial charge in [0.05, 0.1) is 0 Å². The van der Waals surface area contributed by atoms with E-state index in [2.05, 4.69) is 0 Å². The van der Waals surface area contributed by atoms with E-state index in [4.69, 9.17) is 5.11 Å². The molecule has 0 aromatic carbocycles. The molecule has 3 N–H and O–H groups in total.